The first kappa shape index (κ1) is 13.7. The molecule has 21 heavy (non-hydrogen) atoms. The minimum absolute atomic E-state index is 0.0573. The van der Waals surface area contributed by atoms with Gasteiger partial charge in [-0.25, -0.2) is 5.43 Å². The number of amides is 1. The van der Waals surface area contributed by atoms with Crippen molar-refractivity contribution < 1.29 is 27.4 Å². The highest BCUT2D eigenvalue weighted by Gasteiger charge is 2.37. The van der Waals surface area contributed by atoms with Crippen LogP contribution >= 0.6 is 0 Å². The van der Waals surface area contributed by atoms with Gasteiger partial charge in [-0.2, -0.15) is 13.2 Å². The number of hydrogen-bond acceptors (Lipinski definition) is 4. The van der Waals surface area contributed by atoms with Crippen LogP contribution in [0.15, 0.2) is 23.3 Å². The third-order valence-corrected chi connectivity index (χ3v) is 2.97. The van der Waals surface area contributed by atoms with Gasteiger partial charge in [0.05, 0.1) is 11.7 Å². The predicted molar refractivity (Wildman–Crippen MR) is 65.7 cm³/mol. The number of carbonyl (C=O) groups is 1. The van der Waals surface area contributed by atoms with Crippen molar-refractivity contribution in [2.45, 2.75) is 25.1 Å². The van der Waals surface area contributed by atoms with E-state index in [1.165, 1.54) is 12.1 Å². The van der Waals surface area contributed by atoms with E-state index < -0.39 is 17.6 Å². The molecule has 1 amide bonds. The molecule has 3 rings (SSSR count). The Hall–Kier alpha value is -2.25. The third-order valence-electron chi connectivity index (χ3n) is 2.97. The highest BCUT2D eigenvalue weighted by atomic mass is 19.4. The summed E-state index contributed by atoms with van der Waals surface area (Å²) in [5, 5.41) is 3.59. The number of halogens is 3. The van der Waals surface area contributed by atoms with Gasteiger partial charge in [-0.3, -0.25) is 4.79 Å². The monoisotopic (exact) mass is 300 g/mol. The van der Waals surface area contributed by atoms with E-state index in [4.69, 9.17) is 9.47 Å². The summed E-state index contributed by atoms with van der Waals surface area (Å²) in [6.45, 7) is -0.277. The summed E-state index contributed by atoms with van der Waals surface area (Å²) in [5.41, 5.74) is 1.41. The molecule has 5 nitrogen and oxygen atoms in total. The van der Waals surface area contributed by atoms with E-state index >= 15 is 0 Å². The minimum atomic E-state index is -4.54. The summed E-state index contributed by atoms with van der Waals surface area (Å²) in [5.74, 6) is -0.712. The first-order chi connectivity index (χ1) is 9.93. The zero-order valence-corrected chi connectivity index (χ0v) is 10.7. The number of hydrazone groups is 1. The van der Waals surface area contributed by atoms with Crippen molar-refractivity contribution in [1.29, 1.82) is 0 Å². The molecule has 1 heterocycles. The standard InChI is InChI=1S/C13H11F3N2O3/c14-13(15,16)9-5-7(12-18-17-11(19)6-20-12)1-4-10(9)21-8-2-3-8/h1,4-5,8H,2-3,6H2,(H,17,19). The first-order valence-corrected chi connectivity index (χ1v) is 6.31. The summed E-state index contributed by atoms with van der Waals surface area (Å²) >= 11 is 0. The lowest BCUT2D eigenvalue weighted by Crippen LogP contribution is -2.32. The van der Waals surface area contributed by atoms with Gasteiger partial charge < -0.3 is 9.47 Å². The highest BCUT2D eigenvalue weighted by Crippen LogP contribution is 2.39. The molecule has 0 bridgehead atoms. The third kappa shape index (κ3) is 3.09. The second kappa shape index (κ2) is 4.94. The number of nitrogens with zero attached hydrogens (tertiary/aromatic N) is 1. The smallest absolute Gasteiger partial charge is 0.419 e. The van der Waals surface area contributed by atoms with Crippen LogP contribution in [0.1, 0.15) is 24.0 Å². The lowest BCUT2D eigenvalue weighted by atomic mass is 10.1. The normalized spacial score (nSPS) is 18.6. The van der Waals surface area contributed by atoms with Crippen LogP contribution in [0.2, 0.25) is 0 Å². The molecule has 1 aliphatic carbocycles. The van der Waals surface area contributed by atoms with Crippen LogP contribution in [0, 0.1) is 0 Å². The van der Waals surface area contributed by atoms with Gasteiger partial charge >= 0.3 is 6.18 Å². The van der Waals surface area contributed by atoms with Crippen molar-refractivity contribution in [1.82, 2.24) is 5.43 Å². The van der Waals surface area contributed by atoms with Crippen LogP contribution in [-0.4, -0.2) is 24.5 Å². The maximum absolute atomic E-state index is 13.1. The molecule has 0 atom stereocenters. The quantitative estimate of drug-likeness (QED) is 0.929. The molecule has 0 spiro atoms. The Morgan fingerprint density at radius 2 is 2.10 bits per heavy atom. The maximum atomic E-state index is 13.1. The van der Waals surface area contributed by atoms with E-state index in [2.05, 4.69) is 10.5 Å². The van der Waals surface area contributed by atoms with Gasteiger partial charge in [-0.05, 0) is 31.0 Å². The number of ether oxygens (including phenoxy) is 2. The second-order valence-corrected chi connectivity index (χ2v) is 4.77. The SMILES string of the molecule is O=C1COC(c2ccc(OC3CC3)c(C(F)(F)F)c2)=NN1. The molecule has 112 valence electrons. The van der Waals surface area contributed by atoms with Crippen molar-refractivity contribution in [3.05, 3.63) is 29.3 Å². The van der Waals surface area contributed by atoms with Gasteiger partial charge in [0.15, 0.2) is 6.61 Å². The van der Waals surface area contributed by atoms with Crippen LogP contribution in [0.25, 0.3) is 0 Å². The Morgan fingerprint density at radius 1 is 1.33 bits per heavy atom. The van der Waals surface area contributed by atoms with Gasteiger partial charge in [0.1, 0.15) is 5.75 Å². The minimum Gasteiger partial charge on any atom is -0.490 e. The van der Waals surface area contributed by atoms with Crippen LogP contribution in [0.4, 0.5) is 13.2 Å². The molecule has 1 aromatic rings. The van der Waals surface area contributed by atoms with Gasteiger partial charge in [0.2, 0.25) is 5.90 Å². The maximum Gasteiger partial charge on any atom is 0.419 e. The van der Waals surface area contributed by atoms with Gasteiger partial charge in [-0.15, -0.1) is 5.10 Å². The fourth-order valence-corrected chi connectivity index (χ4v) is 1.81. The van der Waals surface area contributed by atoms with Crippen molar-refractivity contribution in [3.63, 3.8) is 0 Å². The topological polar surface area (TPSA) is 59.9 Å². The molecule has 1 saturated carbocycles. The van der Waals surface area contributed by atoms with Gasteiger partial charge in [-0.1, -0.05) is 0 Å². The van der Waals surface area contributed by atoms with E-state index in [0.29, 0.717) is 0 Å². The molecule has 8 heteroatoms. The lowest BCUT2D eigenvalue weighted by molar-refractivity contribution is -0.139. The Bertz CT molecular complexity index is 609. The lowest BCUT2D eigenvalue weighted by Gasteiger charge is -2.17. The van der Waals surface area contributed by atoms with E-state index in [-0.39, 0.29) is 29.9 Å². The zero-order chi connectivity index (χ0) is 15.0. The van der Waals surface area contributed by atoms with Crippen LogP contribution < -0.4 is 10.2 Å². The highest BCUT2D eigenvalue weighted by molar-refractivity contribution is 5.98. The summed E-state index contributed by atoms with van der Waals surface area (Å²) in [6, 6.07) is 3.58. The fourth-order valence-electron chi connectivity index (χ4n) is 1.81. The Kier molecular flexibility index (Phi) is 3.23. The van der Waals surface area contributed by atoms with E-state index in [1.807, 2.05) is 0 Å². The predicted octanol–water partition coefficient (Wildman–Crippen LogP) is 2.05. The summed E-state index contributed by atoms with van der Waals surface area (Å²) in [7, 11) is 0. The van der Waals surface area contributed by atoms with Gasteiger partial charge in [0.25, 0.3) is 5.91 Å². The van der Waals surface area contributed by atoms with E-state index in [9.17, 15) is 18.0 Å². The number of nitrogens with one attached hydrogen (secondary N) is 1. The van der Waals surface area contributed by atoms with Crippen LogP contribution in [-0.2, 0) is 15.7 Å². The molecule has 2 aliphatic rings. The summed E-state index contributed by atoms with van der Waals surface area (Å²) in [6.07, 6.45) is -3.15. The number of alkyl halides is 3. The van der Waals surface area contributed by atoms with Crippen LogP contribution in [0.3, 0.4) is 0 Å². The molecule has 1 aromatic carbocycles. The molecular weight excluding hydrogens is 289 g/mol. The number of rotatable bonds is 3. The molecule has 1 aliphatic heterocycles. The number of benzene rings is 1. The molecule has 0 saturated heterocycles. The molecule has 1 fully saturated rings. The molecule has 0 unspecified atom stereocenters. The number of hydrogen-bond donors (Lipinski definition) is 1. The summed E-state index contributed by atoms with van der Waals surface area (Å²) in [4.78, 5) is 10.9. The van der Waals surface area contributed by atoms with E-state index in [1.54, 1.807) is 0 Å². The summed E-state index contributed by atoms with van der Waals surface area (Å²) < 4.78 is 49.6. The average molecular weight is 300 g/mol. The van der Waals surface area contributed by atoms with Crippen molar-refractivity contribution >= 4 is 11.8 Å². The Labute approximate surface area is 117 Å². The van der Waals surface area contributed by atoms with Crippen molar-refractivity contribution in [2.24, 2.45) is 5.10 Å². The van der Waals surface area contributed by atoms with Crippen LogP contribution in [0.5, 0.6) is 5.75 Å². The largest absolute Gasteiger partial charge is 0.490 e. The van der Waals surface area contributed by atoms with Crippen molar-refractivity contribution in [2.75, 3.05) is 6.61 Å². The molecule has 1 N–H and O–H groups in total. The van der Waals surface area contributed by atoms with Gasteiger partial charge in [0, 0.05) is 5.56 Å². The number of carbonyl (C=O) groups excluding carboxylic acids is 1. The van der Waals surface area contributed by atoms with Crippen molar-refractivity contribution in [3.8, 4) is 5.75 Å². The second-order valence-electron chi connectivity index (χ2n) is 4.77. The first-order valence-electron chi connectivity index (χ1n) is 6.31. The molecular formula is C13H11F3N2O3. The average Bonchev–Trinajstić information content (AvgIpc) is 3.23. The molecule has 0 aromatic heterocycles. The van der Waals surface area contributed by atoms with E-state index in [0.717, 1.165) is 18.9 Å². The zero-order valence-electron chi connectivity index (χ0n) is 10.7. The Morgan fingerprint density at radius 3 is 2.67 bits per heavy atom. The fraction of sp³-hybridized carbons (Fsp3) is 0.385. The molecule has 0 radical (unpaired) electrons. The Balaban J connectivity index is 1.94.